The minimum Gasteiger partial charge on any atom is -0.394 e. The summed E-state index contributed by atoms with van der Waals surface area (Å²) in [6.45, 7) is -10.2. The molecule has 18 nitrogen and oxygen atoms in total. The molecule has 3 fully saturated rings. The second kappa shape index (κ2) is 14.3. The molecule has 0 aromatic rings. The van der Waals surface area contributed by atoms with E-state index in [-0.39, 0.29) is 0 Å². The largest absolute Gasteiger partial charge is 0.394 e. The molecule has 0 aromatic carbocycles. The van der Waals surface area contributed by atoms with E-state index < -0.39 is 136 Å². The lowest BCUT2D eigenvalue weighted by Gasteiger charge is -2.49. The van der Waals surface area contributed by atoms with Gasteiger partial charge in [-0.1, -0.05) is 0 Å². The van der Waals surface area contributed by atoms with Crippen LogP contribution in [0.5, 0.6) is 0 Å². The van der Waals surface area contributed by atoms with Crippen LogP contribution >= 0.6 is 0 Å². The van der Waals surface area contributed by atoms with Crippen molar-refractivity contribution in [2.45, 2.75) is 110 Å². The molecular weight excluding hydrogens is 542 g/mol. The molecule has 3 rings (SSSR count). The number of carbonyl (C=O) groups excluding carboxylic acids is 1. The third-order valence-corrected chi connectivity index (χ3v) is 5.86. The summed E-state index contributed by atoms with van der Waals surface area (Å²) in [6.07, 6.45) is -48.9. The highest BCUT2D eigenvalue weighted by molar-refractivity contribution is 5.80. The van der Waals surface area contributed by atoms with Gasteiger partial charge in [-0.05, 0) is 19.3 Å². The molecule has 2 saturated heterocycles. The van der Waals surface area contributed by atoms with Crippen molar-refractivity contribution < 1.29 is 85.2 Å². The monoisotopic (exact) mass is 600 g/mol. The Morgan fingerprint density at radius 1 is 0.950 bits per heavy atom. The van der Waals surface area contributed by atoms with Crippen molar-refractivity contribution in [3.05, 3.63) is 0 Å². The van der Waals surface area contributed by atoms with Gasteiger partial charge < -0.3 is 88.1 Å². The molecule has 0 spiro atoms. The molecular formula is C22H43N5O13. The number of carbonyl (C=O) groups is 1. The fraction of sp³-hybridized carbons (Fsp3) is 0.955. The summed E-state index contributed by atoms with van der Waals surface area (Å²) in [7, 11) is 0. The minimum absolute atomic E-state index is 1.33. The second-order valence-electron chi connectivity index (χ2n) is 8.48. The zero-order valence-corrected chi connectivity index (χ0v) is 20.4. The van der Waals surface area contributed by atoms with Crippen LogP contribution in [0.3, 0.4) is 0 Å². The van der Waals surface area contributed by atoms with Crippen molar-refractivity contribution >= 4 is 5.91 Å². The van der Waals surface area contributed by atoms with Crippen LogP contribution in [0.1, 0.15) is 33.4 Å². The fourth-order valence-electron chi connectivity index (χ4n) is 3.82. The Morgan fingerprint density at radius 3 is 2.15 bits per heavy atom. The van der Waals surface area contributed by atoms with Gasteiger partial charge in [0, 0.05) is 19.4 Å². The number of amides is 1. The van der Waals surface area contributed by atoms with Gasteiger partial charge in [0.25, 0.3) is 0 Å². The maximum atomic E-state index is 13.1. The topological polar surface area (TPSA) is 332 Å². The minimum atomic E-state index is -4.27. The van der Waals surface area contributed by atoms with E-state index >= 15 is 0 Å². The van der Waals surface area contributed by atoms with Crippen molar-refractivity contribution in [1.82, 2.24) is 5.32 Å². The zero-order chi connectivity index (χ0) is 43.6. The molecule has 234 valence electrons. The molecule has 0 bridgehead atoms. The van der Waals surface area contributed by atoms with Crippen LogP contribution in [0.4, 0.5) is 0 Å². The van der Waals surface area contributed by atoms with E-state index in [0.29, 0.717) is 0 Å². The molecule has 2 aliphatic heterocycles. The standard InChI is InChI=1S/C22H43N5O13/c23-2-1-8(29)20(36)27-7-3-6(25)18(39-22-16(34)15(33)13(31)9(4-24)37-22)17(35)19(7)40-21-14(32)11(26)12(30)10(5-28)38-21/h6-19,21-22,28-35H,1-5,23-26H2,(H,27,36)/t6-,7+,8-,9+,10+,11-,12+,13+,14+,15-,16+,17-,18+,19-,21+,22+/m0/s1/i2D2,4D2,5D2,6D,8D,11D,12D,13D,14D,15D,16D,17D. The second-order valence-corrected chi connectivity index (χ2v) is 8.48. The number of hydrogen-bond donors (Lipinski definition) is 13. The van der Waals surface area contributed by atoms with E-state index in [1.165, 1.54) is 0 Å². The van der Waals surface area contributed by atoms with Crippen molar-refractivity contribution in [3.63, 3.8) is 0 Å². The van der Waals surface area contributed by atoms with Crippen LogP contribution in [0, 0.1) is 0 Å². The number of nitrogens with two attached hydrogens (primary N) is 4. The van der Waals surface area contributed by atoms with Crippen LogP contribution in [-0.2, 0) is 23.7 Å². The van der Waals surface area contributed by atoms with Crippen LogP contribution in [0.25, 0.3) is 0 Å². The van der Waals surface area contributed by atoms with E-state index in [1.54, 1.807) is 5.32 Å². The van der Waals surface area contributed by atoms with Gasteiger partial charge in [0.1, 0.15) is 67.0 Å². The number of rotatable bonds is 10. The Morgan fingerprint density at radius 2 is 1.55 bits per heavy atom. The average Bonchev–Trinajstić information content (AvgIpc) is 2.90. The number of aliphatic hydroxyl groups is 8. The molecule has 1 saturated carbocycles. The lowest BCUT2D eigenvalue weighted by Crippen LogP contribution is -2.69. The van der Waals surface area contributed by atoms with Gasteiger partial charge >= 0.3 is 0 Å². The summed E-state index contributed by atoms with van der Waals surface area (Å²) in [5.74, 6) is -1.94. The maximum Gasteiger partial charge on any atom is 0.249 e. The molecule has 40 heavy (non-hydrogen) atoms. The third kappa shape index (κ3) is 7.06. The number of hydrogen-bond acceptors (Lipinski definition) is 17. The first-order valence-corrected chi connectivity index (χ1v) is 11.2. The van der Waals surface area contributed by atoms with Gasteiger partial charge in [-0.3, -0.25) is 4.79 Å². The Kier molecular flexibility index (Phi) is 6.39. The Labute approximate surface area is 250 Å². The molecule has 1 amide bonds. The summed E-state index contributed by atoms with van der Waals surface area (Å²) < 4.78 is 140. The molecule has 1 aliphatic carbocycles. The molecule has 18 heteroatoms. The lowest BCUT2D eigenvalue weighted by atomic mass is 9.83. The maximum absolute atomic E-state index is 13.1. The van der Waals surface area contributed by atoms with Crippen LogP contribution < -0.4 is 28.3 Å². The van der Waals surface area contributed by atoms with Gasteiger partial charge in [0.05, 0.1) is 32.3 Å². The predicted octanol–water partition coefficient (Wildman–Crippen LogP) is -8.42. The van der Waals surface area contributed by atoms with Crippen molar-refractivity contribution in [2.24, 2.45) is 22.9 Å². The Hall–Kier alpha value is -1.17. The van der Waals surface area contributed by atoms with E-state index in [1.807, 2.05) is 0 Å². The molecule has 16 atom stereocenters. The van der Waals surface area contributed by atoms with E-state index in [9.17, 15) is 45.6 Å². The molecule has 3 aliphatic rings. The molecule has 0 unspecified atom stereocenters. The van der Waals surface area contributed by atoms with Gasteiger partial charge in [-0.25, -0.2) is 0 Å². The van der Waals surface area contributed by atoms with Crippen molar-refractivity contribution in [2.75, 3.05) is 19.6 Å². The molecule has 17 N–H and O–H groups in total. The SMILES string of the molecule is [2H]C([2H])(N)C[C@]([2H])(O)C(=O)N[C@@H]1C[C@]([2H])(N)[C@@H](O[C@H]2O[C@H](C([2H])([2H])N)[C@@]([2H])(O)[C@]([2H])(O)[C@@]2([2H])O)[C@]([2H])(O)[C@H]1O[C@H]1O[C@H](C([2H])([2H])O)[C@@]([2H])(O)[C@]([2H])(N)[C@@]1([2H])O. The fourth-order valence-corrected chi connectivity index (χ4v) is 3.82. The quantitative estimate of drug-likeness (QED) is 0.111. The Bertz CT molecular complexity index is 1460. The summed E-state index contributed by atoms with van der Waals surface area (Å²) in [5.41, 5.74) is 22.0. The van der Waals surface area contributed by atoms with Crippen LogP contribution in [-0.4, -0.2) is 164 Å². The first kappa shape index (κ1) is 17.8. The van der Waals surface area contributed by atoms with E-state index in [4.69, 9.17) is 62.4 Å². The summed E-state index contributed by atoms with van der Waals surface area (Å²) in [6, 6.07) is -9.42. The average molecular weight is 601 g/mol. The summed E-state index contributed by atoms with van der Waals surface area (Å²) >= 11 is 0. The zero-order valence-electron chi connectivity index (χ0n) is 35.4. The first-order valence-electron chi connectivity index (χ1n) is 18.7. The molecule has 0 radical (unpaired) electrons. The summed E-state index contributed by atoms with van der Waals surface area (Å²) in [5, 5.41) is 87.3. The van der Waals surface area contributed by atoms with Gasteiger partial charge in [0.2, 0.25) is 5.91 Å². The van der Waals surface area contributed by atoms with Crippen LogP contribution in [0.2, 0.25) is 0 Å². The van der Waals surface area contributed by atoms with Gasteiger partial charge in [-0.2, -0.15) is 0 Å². The van der Waals surface area contributed by atoms with E-state index in [0.717, 1.165) is 0 Å². The number of nitrogens with one attached hydrogen (secondary N) is 1. The van der Waals surface area contributed by atoms with Crippen molar-refractivity contribution in [3.8, 4) is 0 Å². The highest BCUT2D eigenvalue weighted by Gasteiger charge is 2.52. The highest BCUT2D eigenvalue weighted by atomic mass is 16.7. The lowest BCUT2D eigenvalue weighted by molar-refractivity contribution is -0.332. The van der Waals surface area contributed by atoms with E-state index in [2.05, 4.69) is 0 Å². The normalized spacial score (nSPS) is 69.1. The molecule has 0 aromatic heterocycles. The Balaban J connectivity index is 2.22. The molecule has 2 heterocycles. The number of ether oxygens (including phenoxy) is 4. The first-order chi connectivity index (χ1) is 23.8. The summed E-state index contributed by atoms with van der Waals surface area (Å²) in [4.78, 5) is 13.1. The van der Waals surface area contributed by atoms with Gasteiger partial charge in [0.15, 0.2) is 12.6 Å². The third-order valence-electron chi connectivity index (χ3n) is 5.86. The predicted molar refractivity (Wildman–Crippen MR) is 131 cm³/mol. The highest BCUT2D eigenvalue weighted by Crippen LogP contribution is 2.32. The van der Waals surface area contributed by atoms with Crippen molar-refractivity contribution in [1.29, 1.82) is 0 Å². The smallest absolute Gasteiger partial charge is 0.249 e. The van der Waals surface area contributed by atoms with Gasteiger partial charge in [-0.15, -0.1) is 0 Å². The van der Waals surface area contributed by atoms with Crippen LogP contribution in [0.15, 0.2) is 0 Å².